The van der Waals surface area contributed by atoms with Crippen molar-refractivity contribution in [3.05, 3.63) is 0 Å². The molecule has 1 atom stereocenters. The summed E-state index contributed by atoms with van der Waals surface area (Å²) < 4.78 is 0. The van der Waals surface area contributed by atoms with Crippen LogP contribution in [0.25, 0.3) is 0 Å². The van der Waals surface area contributed by atoms with E-state index in [9.17, 15) is 0 Å². The van der Waals surface area contributed by atoms with E-state index in [1.165, 1.54) is 38.8 Å². The highest BCUT2D eigenvalue weighted by Crippen LogP contribution is 2.17. The number of likely N-dealkylation sites (tertiary alicyclic amines) is 1. The molecule has 0 amide bonds. The van der Waals surface area contributed by atoms with E-state index in [0.717, 1.165) is 6.42 Å². The van der Waals surface area contributed by atoms with Gasteiger partial charge < -0.3 is 0 Å². The minimum absolute atomic E-state index is 0.617. The lowest BCUT2D eigenvalue weighted by molar-refractivity contribution is 0.274. The Morgan fingerprint density at radius 2 is 1.91 bits per heavy atom. The van der Waals surface area contributed by atoms with E-state index >= 15 is 0 Å². The lowest BCUT2D eigenvalue weighted by Gasteiger charge is -2.24. The fourth-order valence-electron chi connectivity index (χ4n) is 1.97. The van der Waals surface area contributed by atoms with E-state index < -0.39 is 0 Å². The third-order valence-electron chi connectivity index (χ3n) is 2.63. The van der Waals surface area contributed by atoms with Gasteiger partial charge in [-0.05, 0) is 38.8 Å². The fourth-order valence-corrected chi connectivity index (χ4v) is 1.97. The lowest BCUT2D eigenvalue weighted by Crippen LogP contribution is -2.32. The van der Waals surface area contributed by atoms with Crippen LogP contribution in [0.5, 0.6) is 0 Å². The van der Waals surface area contributed by atoms with Gasteiger partial charge in [0.05, 0.1) is 6.04 Å². The van der Waals surface area contributed by atoms with Crippen LogP contribution in [-0.4, -0.2) is 24.0 Å². The molecule has 0 N–H and O–H groups in total. The normalized spacial score (nSPS) is 31.5. The summed E-state index contributed by atoms with van der Waals surface area (Å²) in [5, 5.41) is 0. The van der Waals surface area contributed by atoms with E-state index in [0.29, 0.717) is 6.04 Å². The second kappa shape index (κ2) is 3.28. The first-order chi connectivity index (χ1) is 5.47. The predicted molar refractivity (Wildman–Crippen MR) is 46.2 cm³/mol. The number of rotatable bonds is 1. The zero-order valence-corrected chi connectivity index (χ0v) is 6.97. The van der Waals surface area contributed by atoms with E-state index in [-0.39, 0.29) is 0 Å². The van der Waals surface area contributed by atoms with Crippen LogP contribution in [0.3, 0.4) is 0 Å². The van der Waals surface area contributed by atoms with Gasteiger partial charge >= 0.3 is 0 Å². The molecule has 1 unspecified atom stereocenters. The molecule has 1 fully saturated rings. The summed E-state index contributed by atoms with van der Waals surface area (Å²) in [5.41, 5.74) is 0. The molecule has 1 nitrogen and oxygen atoms in total. The molecular formula is C10H15N. The molecule has 2 rings (SSSR count). The van der Waals surface area contributed by atoms with Crippen LogP contribution in [0, 0.1) is 11.8 Å². The SMILES string of the molecule is C1#CC(N2CCCC2)CCC1. The highest BCUT2D eigenvalue weighted by Gasteiger charge is 2.20. The molecule has 1 aliphatic carbocycles. The van der Waals surface area contributed by atoms with Crippen molar-refractivity contribution in [2.75, 3.05) is 13.1 Å². The molecule has 1 aliphatic heterocycles. The predicted octanol–water partition coefficient (Wildman–Crippen LogP) is 1.64. The van der Waals surface area contributed by atoms with Crippen LogP contribution in [0.2, 0.25) is 0 Å². The monoisotopic (exact) mass is 149 g/mol. The average molecular weight is 149 g/mol. The molecule has 60 valence electrons. The van der Waals surface area contributed by atoms with Crippen LogP contribution in [0.4, 0.5) is 0 Å². The maximum Gasteiger partial charge on any atom is 0.0714 e. The van der Waals surface area contributed by atoms with E-state index in [1.807, 2.05) is 0 Å². The van der Waals surface area contributed by atoms with Gasteiger partial charge in [0.25, 0.3) is 0 Å². The quantitative estimate of drug-likeness (QED) is 0.512. The summed E-state index contributed by atoms with van der Waals surface area (Å²) >= 11 is 0. The Labute approximate surface area is 68.8 Å². The maximum atomic E-state index is 3.34. The van der Waals surface area contributed by atoms with E-state index in [2.05, 4.69) is 16.7 Å². The van der Waals surface area contributed by atoms with Gasteiger partial charge in [0.1, 0.15) is 0 Å². The molecule has 0 aromatic rings. The van der Waals surface area contributed by atoms with E-state index in [4.69, 9.17) is 0 Å². The highest BCUT2D eigenvalue weighted by atomic mass is 15.2. The van der Waals surface area contributed by atoms with E-state index in [1.54, 1.807) is 0 Å². The van der Waals surface area contributed by atoms with Crippen LogP contribution in [-0.2, 0) is 0 Å². The third kappa shape index (κ3) is 1.57. The van der Waals surface area contributed by atoms with Crippen molar-refractivity contribution >= 4 is 0 Å². The van der Waals surface area contributed by atoms with Gasteiger partial charge in [-0.2, -0.15) is 0 Å². The van der Waals surface area contributed by atoms with Gasteiger partial charge in [-0.1, -0.05) is 5.92 Å². The van der Waals surface area contributed by atoms with Crippen LogP contribution < -0.4 is 0 Å². The summed E-state index contributed by atoms with van der Waals surface area (Å²) in [5.74, 6) is 6.56. The Morgan fingerprint density at radius 1 is 1.09 bits per heavy atom. The number of hydrogen-bond donors (Lipinski definition) is 0. The highest BCUT2D eigenvalue weighted by molar-refractivity contribution is 5.12. The van der Waals surface area contributed by atoms with Crippen molar-refractivity contribution in [3.63, 3.8) is 0 Å². The van der Waals surface area contributed by atoms with Gasteiger partial charge in [-0.15, -0.1) is 5.92 Å². The second-order valence-corrected chi connectivity index (χ2v) is 3.47. The Hall–Kier alpha value is -0.480. The summed E-state index contributed by atoms with van der Waals surface area (Å²) in [7, 11) is 0. The molecule has 11 heavy (non-hydrogen) atoms. The molecule has 1 saturated heterocycles. The molecule has 0 radical (unpaired) electrons. The molecule has 0 aromatic heterocycles. The second-order valence-electron chi connectivity index (χ2n) is 3.47. The molecule has 0 bridgehead atoms. The molecule has 2 aliphatic rings. The maximum absolute atomic E-state index is 3.34. The molecule has 0 aromatic carbocycles. The van der Waals surface area contributed by atoms with Gasteiger partial charge in [-0.3, -0.25) is 4.90 Å². The molecule has 0 spiro atoms. The average Bonchev–Trinajstić information content (AvgIpc) is 2.58. The Bertz CT molecular complexity index is 181. The van der Waals surface area contributed by atoms with Gasteiger partial charge in [-0.25, -0.2) is 0 Å². The number of hydrogen-bond acceptors (Lipinski definition) is 1. The smallest absolute Gasteiger partial charge is 0.0714 e. The zero-order valence-electron chi connectivity index (χ0n) is 6.97. The Morgan fingerprint density at radius 3 is 2.55 bits per heavy atom. The largest absolute Gasteiger partial charge is 0.290 e. The van der Waals surface area contributed by atoms with Crippen molar-refractivity contribution in [2.24, 2.45) is 0 Å². The fraction of sp³-hybridized carbons (Fsp3) is 0.800. The minimum Gasteiger partial charge on any atom is -0.290 e. The van der Waals surface area contributed by atoms with Crippen LogP contribution in [0.1, 0.15) is 32.1 Å². The molecule has 1 heteroatoms. The van der Waals surface area contributed by atoms with Crippen molar-refractivity contribution in [3.8, 4) is 11.8 Å². The number of nitrogens with zero attached hydrogens (tertiary/aromatic N) is 1. The standard InChI is InChI=1S/C10H15N/c1-2-6-10(7-3-1)11-8-4-5-9-11/h10H,1-2,4-6,8-9H2. The molecule has 0 saturated carbocycles. The first-order valence-corrected chi connectivity index (χ1v) is 4.69. The summed E-state index contributed by atoms with van der Waals surface area (Å²) in [6.45, 7) is 2.58. The van der Waals surface area contributed by atoms with Crippen LogP contribution >= 0.6 is 0 Å². The minimum atomic E-state index is 0.617. The molecule has 1 heterocycles. The first kappa shape index (κ1) is 7.18. The van der Waals surface area contributed by atoms with Crippen LogP contribution in [0.15, 0.2) is 0 Å². The van der Waals surface area contributed by atoms with Gasteiger partial charge in [0.2, 0.25) is 0 Å². The third-order valence-corrected chi connectivity index (χ3v) is 2.63. The summed E-state index contributed by atoms with van der Waals surface area (Å²) in [6.07, 6.45) is 6.53. The zero-order chi connectivity index (χ0) is 7.52. The first-order valence-electron chi connectivity index (χ1n) is 4.69. The Kier molecular flexibility index (Phi) is 2.14. The summed E-state index contributed by atoms with van der Waals surface area (Å²) in [4.78, 5) is 2.55. The van der Waals surface area contributed by atoms with Crippen molar-refractivity contribution in [1.29, 1.82) is 0 Å². The Balaban J connectivity index is 1.95. The van der Waals surface area contributed by atoms with Crippen molar-refractivity contribution in [1.82, 2.24) is 4.90 Å². The lowest BCUT2D eigenvalue weighted by atomic mass is 10.0. The summed E-state index contributed by atoms with van der Waals surface area (Å²) in [6, 6.07) is 0.617. The van der Waals surface area contributed by atoms with Crippen molar-refractivity contribution < 1.29 is 0 Å². The van der Waals surface area contributed by atoms with Crippen molar-refractivity contribution in [2.45, 2.75) is 38.1 Å². The van der Waals surface area contributed by atoms with Gasteiger partial charge in [0, 0.05) is 6.42 Å². The van der Waals surface area contributed by atoms with Gasteiger partial charge in [0.15, 0.2) is 0 Å². The topological polar surface area (TPSA) is 3.24 Å². The molecular weight excluding hydrogens is 134 g/mol.